The van der Waals surface area contributed by atoms with Gasteiger partial charge in [-0.15, -0.1) is 11.8 Å². The van der Waals surface area contributed by atoms with E-state index >= 15 is 0 Å². The number of pyridine rings is 1. The van der Waals surface area contributed by atoms with Gasteiger partial charge in [0.05, 0.1) is 0 Å². The zero-order valence-corrected chi connectivity index (χ0v) is 12.2. The van der Waals surface area contributed by atoms with Crippen LogP contribution < -0.4 is 5.73 Å². The highest BCUT2D eigenvalue weighted by Gasteiger charge is 2.39. The summed E-state index contributed by atoms with van der Waals surface area (Å²) in [5.41, 5.74) is 4.87. The van der Waals surface area contributed by atoms with E-state index < -0.39 is 11.5 Å². The number of hydrogen-bond acceptors (Lipinski definition) is 4. The van der Waals surface area contributed by atoms with Crippen LogP contribution in [0.2, 0.25) is 0 Å². The second-order valence-electron chi connectivity index (χ2n) is 4.59. The van der Waals surface area contributed by atoms with Crippen molar-refractivity contribution in [1.82, 2.24) is 4.98 Å². The molecule has 6 heteroatoms. The minimum absolute atomic E-state index is 0.214. The lowest BCUT2D eigenvalue weighted by molar-refractivity contribution is -0.144. The molecule has 1 aromatic rings. The van der Waals surface area contributed by atoms with Gasteiger partial charge in [0.2, 0.25) is 0 Å². The van der Waals surface area contributed by atoms with Crippen molar-refractivity contribution in [3.8, 4) is 0 Å². The number of hydrogen-bond donors (Lipinski definition) is 2. The molecule has 1 saturated carbocycles. The van der Waals surface area contributed by atoms with E-state index in [1.54, 1.807) is 18.0 Å². The topological polar surface area (TPSA) is 76.2 Å². The summed E-state index contributed by atoms with van der Waals surface area (Å²) in [5.74, 6) is -0.895. The molecular formula is C12H15BrN2O2S. The summed E-state index contributed by atoms with van der Waals surface area (Å²) in [7, 11) is 0. The highest BCUT2D eigenvalue weighted by molar-refractivity contribution is 9.10. The van der Waals surface area contributed by atoms with Gasteiger partial charge in [-0.3, -0.25) is 4.79 Å². The molecule has 0 amide bonds. The van der Waals surface area contributed by atoms with Crippen molar-refractivity contribution in [2.75, 3.05) is 0 Å². The number of rotatable bonds is 3. The first-order valence-electron chi connectivity index (χ1n) is 5.81. The lowest BCUT2D eigenvalue weighted by Gasteiger charge is -2.34. The van der Waals surface area contributed by atoms with E-state index in [1.165, 1.54) is 0 Å². The largest absolute Gasteiger partial charge is 0.480 e. The van der Waals surface area contributed by atoms with Gasteiger partial charge in [-0.1, -0.05) is 0 Å². The number of nitrogens with zero attached hydrogens (tertiary/aromatic N) is 1. The van der Waals surface area contributed by atoms with E-state index in [9.17, 15) is 9.90 Å². The number of thioether (sulfide) groups is 1. The van der Waals surface area contributed by atoms with Crippen LogP contribution in [0.4, 0.5) is 0 Å². The van der Waals surface area contributed by atoms with Crippen molar-refractivity contribution in [1.29, 1.82) is 0 Å². The molecule has 0 aromatic carbocycles. The Morgan fingerprint density at radius 2 is 2.44 bits per heavy atom. The zero-order chi connectivity index (χ0) is 13.2. The van der Waals surface area contributed by atoms with Crippen LogP contribution in [-0.4, -0.2) is 26.8 Å². The molecule has 1 heterocycles. The van der Waals surface area contributed by atoms with E-state index in [1.807, 2.05) is 12.1 Å². The highest BCUT2D eigenvalue weighted by Crippen LogP contribution is 2.38. The number of nitrogens with two attached hydrogens (primary N) is 1. The van der Waals surface area contributed by atoms with Crippen LogP contribution in [0.1, 0.15) is 25.7 Å². The molecule has 1 fully saturated rings. The van der Waals surface area contributed by atoms with Gasteiger partial charge < -0.3 is 10.8 Å². The molecule has 0 aliphatic heterocycles. The number of carboxylic acids is 1. The number of aliphatic carboxylic acids is 1. The first-order valence-corrected chi connectivity index (χ1v) is 7.48. The van der Waals surface area contributed by atoms with E-state index in [2.05, 4.69) is 20.9 Å². The fourth-order valence-corrected chi connectivity index (χ4v) is 3.98. The molecule has 0 saturated heterocycles. The smallest absolute Gasteiger partial charge is 0.323 e. The molecule has 1 aliphatic carbocycles. The van der Waals surface area contributed by atoms with E-state index in [4.69, 9.17) is 5.73 Å². The molecule has 1 aliphatic rings. The van der Waals surface area contributed by atoms with Crippen molar-refractivity contribution < 1.29 is 9.90 Å². The Hall–Kier alpha value is -0.590. The van der Waals surface area contributed by atoms with Gasteiger partial charge in [0.25, 0.3) is 0 Å². The van der Waals surface area contributed by atoms with Gasteiger partial charge in [-0.25, -0.2) is 4.98 Å². The molecule has 98 valence electrons. The molecule has 18 heavy (non-hydrogen) atoms. The molecule has 4 nitrogen and oxygen atoms in total. The summed E-state index contributed by atoms with van der Waals surface area (Å²) in [4.78, 5) is 15.5. The third-order valence-electron chi connectivity index (χ3n) is 3.17. The van der Waals surface area contributed by atoms with Crippen molar-refractivity contribution >= 4 is 33.7 Å². The summed E-state index contributed by atoms with van der Waals surface area (Å²) in [6, 6.07) is 3.80. The maximum absolute atomic E-state index is 11.2. The summed E-state index contributed by atoms with van der Waals surface area (Å²) in [6.45, 7) is 0. The molecule has 3 N–H and O–H groups in total. The van der Waals surface area contributed by atoms with Gasteiger partial charge in [-0.05, 0) is 53.7 Å². The second kappa shape index (κ2) is 5.59. The summed E-state index contributed by atoms with van der Waals surface area (Å²) in [5, 5.41) is 10.3. The van der Waals surface area contributed by atoms with Gasteiger partial charge in [0, 0.05) is 15.9 Å². The van der Waals surface area contributed by atoms with Crippen LogP contribution in [0.15, 0.2) is 27.8 Å². The molecular weight excluding hydrogens is 316 g/mol. The third-order valence-corrected chi connectivity index (χ3v) is 5.36. The van der Waals surface area contributed by atoms with Gasteiger partial charge in [-0.2, -0.15) is 0 Å². The van der Waals surface area contributed by atoms with Gasteiger partial charge in [0.1, 0.15) is 10.6 Å². The fourth-order valence-electron chi connectivity index (χ4n) is 2.17. The van der Waals surface area contributed by atoms with Crippen LogP contribution in [0, 0.1) is 0 Å². The lowest BCUT2D eigenvalue weighted by Crippen LogP contribution is -2.51. The van der Waals surface area contributed by atoms with E-state index in [0.717, 1.165) is 22.3 Å². The Bertz CT molecular complexity index is 457. The molecule has 1 aromatic heterocycles. The van der Waals surface area contributed by atoms with Crippen molar-refractivity contribution in [2.45, 2.75) is 41.5 Å². The minimum atomic E-state index is -1.07. The van der Waals surface area contributed by atoms with Gasteiger partial charge in [0.15, 0.2) is 0 Å². The Balaban J connectivity index is 2.07. The minimum Gasteiger partial charge on any atom is -0.480 e. The Kier molecular flexibility index (Phi) is 4.29. The predicted molar refractivity (Wildman–Crippen MR) is 74.6 cm³/mol. The Labute approximate surface area is 118 Å². The first kappa shape index (κ1) is 13.8. The second-order valence-corrected chi connectivity index (χ2v) is 6.73. The van der Waals surface area contributed by atoms with Gasteiger partial charge >= 0.3 is 5.97 Å². The number of carbonyl (C=O) groups is 1. The van der Waals surface area contributed by atoms with E-state index in [-0.39, 0.29) is 5.25 Å². The quantitative estimate of drug-likeness (QED) is 0.890. The molecule has 2 rings (SSSR count). The number of carboxylic acid groups (broad SMARTS) is 1. The summed E-state index contributed by atoms with van der Waals surface area (Å²) in [6.07, 6.45) is 4.63. The van der Waals surface area contributed by atoms with Crippen LogP contribution in [0.3, 0.4) is 0 Å². The number of aromatic nitrogens is 1. The molecule has 0 spiro atoms. The van der Waals surface area contributed by atoms with Crippen LogP contribution in [0.25, 0.3) is 0 Å². The monoisotopic (exact) mass is 330 g/mol. The third kappa shape index (κ3) is 3.05. The average molecular weight is 331 g/mol. The molecule has 2 unspecified atom stereocenters. The molecule has 0 bridgehead atoms. The fraction of sp³-hybridized carbons (Fsp3) is 0.500. The highest BCUT2D eigenvalue weighted by atomic mass is 79.9. The predicted octanol–water partition coefficient (Wildman–Crippen LogP) is 2.66. The Morgan fingerprint density at radius 3 is 3.11 bits per heavy atom. The molecule has 0 radical (unpaired) electrons. The maximum atomic E-state index is 11.2. The first-order chi connectivity index (χ1) is 8.51. The van der Waals surface area contributed by atoms with Crippen molar-refractivity contribution in [3.05, 3.63) is 22.8 Å². The summed E-state index contributed by atoms with van der Waals surface area (Å²) < 4.78 is 0.943. The summed E-state index contributed by atoms with van der Waals surface area (Å²) >= 11 is 5.06. The number of halogens is 1. The Morgan fingerprint density at radius 1 is 1.67 bits per heavy atom. The van der Waals surface area contributed by atoms with Crippen molar-refractivity contribution in [2.24, 2.45) is 5.73 Å². The standard InChI is InChI=1S/C12H15BrN2O2S/c13-9-4-2-6-15-10(9)18-8-3-1-5-12(14,7-8)11(16)17/h2,4,6,8H,1,3,5,7,14H2,(H,16,17). The molecule has 2 atom stereocenters. The van der Waals surface area contributed by atoms with Crippen LogP contribution in [0.5, 0.6) is 0 Å². The SMILES string of the molecule is NC1(C(=O)O)CCCC(Sc2ncccc2Br)C1. The normalized spacial score (nSPS) is 28.0. The lowest BCUT2D eigenvalue weighted by atomic mass is 9.82. The average Bonchev–Trinajstić information content (AvgIpc) is 2.32. The van der Waals surface area contributed by atoms with Crippen LogP contribution >= 0.6 is 27.7 Å². The van der Waals surface area contributed by atoms with Crippen molar-refractivity contribution in [3.63, 3.8) is 0 Å². The maximum Gasteiger partial charge on any atom is 0.323 e. The van der Waals surface area contributed by atoms with Crippen LogP contribution in [-0.2, 0) is 4.79 Å². The zero-order valence-electron chi connectivity index (χ0n) is 9.80. The van der Waals surface area contributed by atoms with E-state index in [0.29, 0.717) is 12.8 Å².